The molecule has 220 valence electrons. The predicted octanol–water partition coefficient (Wildman–Crippen LogP) is 9.17. The quantitative estimate of drug-likeness (QED) is 0.0676. The molecule has 3 N–H and O–H groups in total. The van der Waals surface area contributed by atoms with Gasteiger partial charge in [-0.05, 0) is 19.3 Å². The van der Waals surface area contributed by atoms with Crippen LogP contribution >= 0.6 is 0 Å². The molecule has 37 heavy (non-hydrogen) atoms. The zero-order chi connectivity index (χ0) is 27.2. The van der Waals surface area contributed by atoms with Crippen molar-refractivity contribution in [3.8, 4) is 0 Å². The van der Waals surface area contributed by atoms with Gasteiger partial charge in [0.05, 0.1) is 18.8 Å². The fourth-order valence-electron chi connectivity index (χ4n) is 4.94. The van der Waals surface area contributed by atoms with Gasteiger partial charge >= 0.3 is 0 Å². The Morgan fingerprint density at radius 2 is 1.00 bits per heavy atom. The van der Waals surface area contributed by atoms with Crippen LogP contribution in [0.15, 0.2) is 12.2 Å². The molecule has 1 amide bonds. The summed E-state index contributed by atoms with van der Waals surface area (Å²) in [5, 5.41) is 22.7. The van der Waals surface area contributed by atoms with Crippen LogP contribution in [0.5, 0.6) is 0 Å². The maximum absolute atomic E-state index is 12.2. The molecule has 0 aromatic heterocycles. The highest BCUT2D eigenvalue weighted by Gasteiger charge is 2.17. The normalized spacial score (nSPS) is 13.3. The summed E-state index contributed by atoms with van der Waals surface area (Å²) in [5.41, 5.74) is 0. The van der Waals surface area contributed by atoms with E-state index in [0.29, 0.717) is 6.42 Å². The van der Waals surface area contributed by atoms with Crippen LogP contribution in [0.2, 0.25) is 0 Å². The standard InChI is InChI=1S/C33H65NO3/c1-3-5-7-9-11-13-14-15-16-17-18-19-20-21-22-24-26-28-32(36)31(30-35)34-33(37)29-27-25-23-12-10-8-6-4-2/h26,28,31-32,35-36H,3-25,27,29-30H2,1-2H3,(H,34,37)/b28-26+/t31-,32+/m0/s1. The van der Waals surface area contributed by atoms with Crippen molar-refractivity contribution in [2.45, 2.75) is 187 Å². The molecule has 0 spiro atoms. The summed E-state index contributed by atoms with van der Waals surface area (Å²) in [7, 11) is 0. The SMILES string of the molecule is CCCCCCCCCCCCCCCCC/C=C/[C@@H](O)[C@H](CO)NC(=O)CCCCCCCCCC. The second kappa shape index (κ2) is 29.7. The number of amides is 1. The first-order valence-corrected chi connectivity index (χ1v) is 16.4. The molecular formula is C33H65NO3. The van der Waals surface area contributed by atoms with Gasteiger partial charge in [0.25, 0.3) is 0 Å². The Labute approximate surface area is 231 Å². The largest absolute Gasteiger partial charge is 0.394 e. The number of carbonyl (C=O) groups excluding carboxylic acids is 1. The molecule has 0 unspecified atom stereocenters. The molecule has 0 aromatic rings. The van der Waals surface area contributed by atoms with E-state index >= 15 is 0 Å². The van der Waals surface area contributed by atoms with Gasteiger partial charge in [0.15, 0.2) is 0 Å². The molecule has 0 aromatic carbocycles. The Bertz CT molecular complexity index is 494. The second-order valence-electron chi connectivity index (χ2n) is 11.2. The summed E-state index contributed by atoms with van der Waals surface area (Å²) in [4.78, 5) is 12.2. The van der Waals surface area contributed by atoms with E-state index in [4.69, 9.17) is 0 Å². The molecule has 4 nitrogen and oxygen atoms in total. The van der Waals surface area contributed by atoms with Crippen molar-refractivity contribution in [1.29, 1.82) is 0 Å². The van der Waals surface area contributed by atoms with E-state index in [1.54, 1.807) is 6.08 Å². The molecule has 0 aliphatic heterocycles. The molecule has 0 rings (SSSR count). The number of hydrogen-bond donors (Lipinski definition) is 3. The lowest BCUT2D eigenvalue weighted by Gasteiger charge is -2.20. The lowest BCUT2D eigenvalue weighted by atomic mass is 10.0. The van der Waals surface area contributed by atoms with Crippen molar-refractivity contribution in [2.24, 2.45) is 0 Å². The lowest BCUT2D eigenvalue weighted by molar-refractivity contribution is -0.123. The Hall–Kier alpha value is -0.870. The number of hydrogen-bond acceptors (Lipinski definition) is 3. The summed E-state index contributed by atoms with van der Waals surface area (Å²) in [5.74, 6) is -0.0695. The van der Waals surface area contributed by atoms with E-state index < -0.39 is 12.1 Å². The first kappa shape index (κ1) is 36.1. The highest BCUT2D eigenvalue weighted by Crippen LogP contribution is 2.14. The molecule has 0 radical (unpaired) electrons. The molecule has 4 heteroatoms. The number of carbonyl (C=O) groups is 1. The molecule has 0 heterocycles. The van der Waals surface area contributed by atoms with Crippen molar-refractivity contribution < 1.29 is 15.0 Å². The summed E-state index contributed by atoms with van der Waals surface area (Å²) in [6.45, 7) is 4.26. The number of aliphatic hydroxyl groups is 2. The third kappa shape index (κ3) is 26.5. The summed E-state index contributed by atoms with van der Waals surface area (Å²) in [6, 6.07) is -0.612. The zero-order valence-electron chi connectivity index (χ0n) is 25.0. The zero-order valence-corrected chi connectivity index (χ0v) is 25.0. The Balaban J connectivity index is 3.60. The number of nitrogens with one attached hydrogen (secondary N) is 1. The van der Waals surface area contributed by atoms with Gasteiger partial charge in [-0.25, -0.2) is 0 Å². The van der Waals surface area contributed by atoms with Crippen LogP contribution in [0.25, 0.3) is 0 Å². The van der Waals surface area contributed by atoms with Gasteiger partial charge in [-0.1, -0.05) is 161 Å². The highest BCUT2D eigenvalue weighted by atomic mass is 16.3. The Morgan fingerprint density at radius 3 is 1.41 bits per heavy atom. The van der Waals surface area contributed by atoms with E-state index in [2.05, 4.69) is 19.2 Å². The average molecular weight is 524 g/mol. The van der Waals surface area contributed by atoms with Crippen LogP contribution in [0, 0.1) is 0 Å². The van der Waals surface area contributed by atoms with Crippen LogP contribution < -0.4 is 5.32 Å². The Morgan fingerprint density at radius 1 is 0.622 bits per heavy atom. The number of rotatable bonds is 29. The van der Waals surface area contributed by atoms with Crippen LogP contribution in [-0.4, -0.2) is 34.9 Å². The Kier molecular flexibility index (Phi) is 29.0. The minimum absolute atomic E-state index is 0.0695. The van der Waals surface area contributed by atoms with E-state index in [1.165, 1.54) is 128 Å². The van der Waals surface area contributed by atoms with Gasteiger partial charge in [0, 0.05) is 6.42 Å². The molecule has 0 aliphatic rings. The molecule has 0 bridgehead atoms. The van der Waals surface area contributed by atoms with Gasteiger partial charge in [0.1, 0.15) is 0 Å². The maximum atomic E-state index is 12.2. The van der Waals surface area contributed by atoms with Crippen molar-refractivity contribution in [2.75, 3.05) is 6.61 Å². The number of allylic oxidation sites excluding steroid dienone is 1. The molecule has 2 atom stereocenters. The first-order chi connectivity index (χ1) is 18.2. The highest BCUT2D eigenvalue weighted by molar-refractivity contribution is 5.76. The molecule has 0 fully saturated rings. The fraction of sp³-hybridized carbons (Fsp3) is 0.909. The number of unbranched alkanes of at least 4 members (excludes halogenated alkanes) is 22. The van der Waals surface area contributed by atoms with Crippen molar-refractivity contribution in [1.82, 2.24) is 5.32 Å². The van der Waals surface area contributed by atoms with Gasteiger partial charge in [-0.15, -0.1) is 0 Å². The topological polar surface area (TPSA) is 69.6 Å². The monoisotopic (exact) mass is 523 g/mol. The van der Waals surface area contributed by atoms with Crippen LogP contribution in [0.4, 0.5) is 0 Å². The third-order valence-electron chi connectivity index (χ3n) is 7.52. The average Bonchev–Trinajstić information content (AvgIpc) is 2.90. The molecule has 0 saturated heterocycles. The summed E-state index contributed by atoms with van der Waals surface area (Å²) < 4.78 is 0. The van der Waals surface area contributed by atoms with Gasteiger partial charge < -0.3 is 15.5 Å². The minimum Gasteiger partial charge on any atom is -0.394 e. The summed E-state index contributed by atoms with van der Waals surface area (Å²) in [6.07, 6.45) is 34.4. The minimum atomic E-state index is -0.830. The van der Waals surface area contributed by atoms with Gasteiger partial charge in [-0.3, -0.25) is 4.79 Å². The van der Waals surface area contributed by atoms with Gasteiger partial charge in [-0.2, -0.15) is 0 Å². The van der Waals surface area contributed by atoms with Gasteiger partial charge in [0.2, 0.25) is 5.91 Å². The van der Waals surface area contributed by atoms with Crippen molar-refractivity contribution >= 4 is 5.91 Å². The van der Waals surface area contributed by atoms with Crippen LogP contribution in [-0.2, 0) is 4.79 Å². The fourth-order valence-corrected chi connectivity index (χ4v) is 4.94. The smallest absolute Gasteiger partial charge is 0.220 e. The van der Waals surface area contributed by atoms with Crippen LogP contribution in [0.1, 0.15) is 174 Å². The first-order valence-electron chi connectivity index (χ1n) is 16.4. The maximum Gasteiger partial charge on any atom is 0.220 e. The summed E-state index contributed by atoms with van der Waals surface area (Å²) >= 11 is 0. The predicted molar refractivity (Wildman–Crippen MR) is 161 cm³/mol. The van der Waals surface area contributed by atoms with Crippen molar-refractivity contribution in [3.63, 3.8) is 0 Å². The number of aliphatic hydroxyl groups excluding tert-OH is 2. The van der Waals surface area contributed by atoms with Crippen LogP contribution in [0.3, 0.4) is 0 Å². The molecule has 0 aliphatic carbocycles. The van der Waals surface area contributed by atoms with Crippen molar-refractivity contribution in [3.05, 3.63) is 12.2 Å². The van der Waals surface area contributed by atoms with E-state index in [-0.39, 0.29) is 12.5 Å². The molecule has 0 saturated carbocycles. The van der Waals surface area contributed by atoms with E-state index in [0.717, 1.165) is 25.7 Å². The molecular weight excluding hydrogens is 458 g/mol. The van der Waals surface area contributed by atoms with E-state index in [1.807, 2.05) is 6.08 Å². The second-order valence-corrected chi connectivity index (χ2v) is 11.2. The lowest BCUT2D eigenvalue weighted by Crippen LogP contribution is -2.45. The van der Waals surface area contributed by atoms with E-state index in [9.17, 15) is 15.0 Å². The third-order valence-corrected chi connectivity index (χ3v) is 7.52.